The summed E-state index contributed by atoms with van der Waals surface area (Å²) in [6, 6.07) is 12.6. The zero-order valence-corrected chi connectivity index (χ0v) is 15.5. The van der Waals surface area contributed by atoms with Crippen molar-refractivity contribution in [2.24, 2.45) is 0 Å². The zero-order chi connectivity index (χ0) is 17.8. The van der Waals surface area contributed by atoms with Gasteiger partial charge in [-0.25, -0.2) is 0 Å². The van der Waals surface area contributed by atoms with Crippen molar-refractivity contribution in [3.8, 4) is 11.5 Å². The van der Waals surface area contributed by atoms with Crippen molar-refractivity contribution < 1.29 is 9.21 Å². The van der Waals surface area contributed by atoms with E-state index in [1.807, 2.05) is 31.2 Å². The average Bonchev–Trinajstić information content (AvgIpc) is 3.01. The van der Waals surface area contributed by atoms with Gasteiger partial charge in [0.25, 0.3) is 5.22 Å². The van der Waals surface area contributed by atoms with Crippen LogP contribution in [-0.2, 0) is 4.79 Å². The molecule has 3 rings (SSSR count). The fourth-order valence-corrected chi connectivity index (χ4v) is 3.14. The van der Waals surface area contributed by atoms with Crippen LogP contribution in [0.2, 0.25) is 10.0 Å². The highest BCUT2D eigenvalue weighted by Gasteiger charge is 2.14. The Morgan fingerprint density at radius 3 is 2.80 bits per heavy atom. The SMILES string of the molecule is Cc1cccc(NC(=O)CSc2nnc(-c3ccc(Cl)cc3Cl)o2)c1. The second kappa shape index (κ2) is 7.91. The largest absolute Gasteiger partial charge is 0.411 e. The van der Waals surface area contributed by atoms with Gasteiger partial charge in [0.1, 0.15) is 0 Å². The molecule has 0 aliphatic heterocycles. The van der Waals surface area contributed by atoms with E-state index in [0.717, 1.165) is 23.0 Å². The molecule has 0 unspecified atom stereocenters. The monoisotopic (exact) mass is 393 g/mol. The summed E-state index contributed by atoms with van der Waals surface area (Å²) in [6.07, 6.45) is 0. The van der Waals surface area contributed by atoms with E-state index < -0.39 is 0 Å². The molecule has 1 amide bonds. The van der Waals surface area contributed by atoms with Gasteiger partial charge in [-0.05, 0) is 42.8 Å². The topological polar surface area (TPSA) is 68.0 Å². The predicted octanol–water partition coefficient (Wildman–Crippen LogP) is 5.08. The van der Waals surface area contributed by atoms with E-state index in [-0.39, 0.29) is 17.6 Å². The first-order chi connectivity index (χ1) is 12.0. The van der Waals surface area contributed by atoms with E-state index in [1.54, 1.807) is 18.2 Å². The number of benzene rings is 2. The summed E-state index contributed by atoms with van der Waals surface area (Å²) in [7, 11) is 0. The van der Waals surface area contributed by atoms with E-state index >= 15 is 0 Å². The standard InChI is InChI=1S/C17H13Cl2N3O2S/c1-10-3-2-4-12(7-10)20-15(23)9-25-17-22-21-16(24-17)13-6-5-11(18)8-14(13)19/h2-8H,9H2,1H3,(H,20,23). The molecule has 1 heterocycles. The Kier molecular flexibility index (Phi) is 5.63. The Balaban J connectivity index is 1.61. The van der Waals surface area contributed by atoms with Crippen LogP contribution in [-0.4, -0.2) is 21.9 Å². The molecule has 0 radical (unpaired) electrons. The number of nitrogens with one attached hydrogen (secondary N) is 1. The lowest BCUT2D eigenvalue weighted by molar-refractivity contribution is -0.113. The number of thioether (sulfide) groups is 1. The minimum atomic E-state index is -0.153. The van der Waals surface area contributed by atoms with Gasteiger partial charge < -0.3 is 9.73 Å². The molecular weight excluding hydrogens is 381 g/mol. The minimum Gasteiger partial charge on any atom is -0.411 e. The number of carbonyl (C=O) groups excluding carboxylic acids is 1. The van der Waals surface area contributed by atoms with Crippen LogP contribution in [0, 0.1) is 6.92 Å². The molecule has 0 saturated heterocycles. The Hall–Kier alpha value is -2.02. The lowest BCUT2D eigenvalue weighted by atomic mass is 10.2. The van der Waals surface area contributed by atoms with Gasteiger partial charge in [-0.3, -0.25) is 4.79 Å². The zero-order valence-electron chi connectivity index (χ0n) is 13.1. The third-order valence-corrected chi connectivity index (χ3v) is 4.56. The van der Waals surface area contributed by atoms with Crippen molar-refractivity contribution in [2.75, 3.05) is 11.1 Å². The van der Waals surface area contributed by atoms with Crippen molar-refractivity contribution in [3.63, 3.8) is 0 Å². The number of nitrogens with zero attached hydrogens (tertiary/aromatic N) is 2. The van der Waals surface area contributed by atoms with Gasteiger partial charge in [0, 0.05) is 10.7 Å². The van der Waals surface area contributed by atoms with Gasteiger partial charge in [-0.1, -0.05) is 47.1 Å². The van der Waals surface area contributed by atoms with Crippen LogP contribution in [0.1, 0.15) is 5.56 Å². The smallest absolute Gasteiger partial charge is 0.277 e. The van der Waals surface area contributed by atoms with Crippen LogP contribution in [0.5, 0.6) is 0 Å². The quantitative estimate of drug-likeness (QED) is 0.611. The summed E-state index contributed by atoms with van der Waals surface area (Å²) in [4.78, 5) is 12.0. The molecule has 5 nitrogen and oxygen atoms in total. The number of rotatable bonds is 5. The van der Waals surface area contributed by atoms with Crippen molar-refractivity contribution in [3.05, 3.63) is 58.1 Å². The third kappa shape index (κ3) is 4.75. The molecule has 128 valence electrons. The number of hydrogen-bond donors (Lipinski definition) is 1. The van der Waals surface area contributed by atoms with E-state index in [1.165, 1.54) is 0 Å². The van der Waals surface area contributed by atoms with Crippen LogP contribution in [0.3, 0.4) is 0 Å². The fourth-order valence-electron chi connectivity index (χ4n) is 2.09. The molecule has 25 heavy (non-hydrogen) atoms. The van der Waals surface area contributed by atoms with Gasteiger partial charge in [0.15, 0.2) is 0 Å². The van der Waals surface area contributed by atoms with Gasteiger partial charge in [0.2, 0.25) is 11.8 Å². The Morgan fingerprint density at radius 1 is 1.20 bits per heavy atom. The summed E-state index contributed by atoms with van der Waals surface area (Å²) >= 11 is 13.1. The number of hydrogen-bond acceptors (Lipinski definition) is 5. The van der Waals surface area contributed by atoms with Crippen molar-refractivity contribution in [1.82, 2.24) is 10.2 Å². The summed E-state index contributed by atoms with van der Waals surface area (Å²) < 4.78 is 5.54. The molecule has 0 spiro atoms. The van der Waals surface area contributed by atoms with E-state index in [2.05, 4.69) is 15.5 Å². The number of anilines is 1. The number of aryl methyl sites for hydroxylation is 1. The molecule has 0 atom stereocenters. The Morgan fingerprint density at radius 2 is 2.04 bits per heavy atom. The van der Waals surface area contributed by atoms with Gasteiger partial charge in [-0.15, -0.1) is 10.2 Å². The molecule has 1 aromatic heterocycles. The maximum absolute atomic E-state index is 12.0. The van der Waals surface area contributed by atoms with Crippen LogP contribution >= 0.6 is 35.0 Å². The van der Waals surface area contributed by atoms with E-state index in [9.17, 15) is 4.79 Å². The Bertz CT molecular complexity index is 914. The molecule has 2 aromatic carbocycles. The summed E-state index contributed by atoms with van der Waals surface area (Å²) in [5.74, 6) is 0.285. The van der Waals surface area contributed by atoms with Gasteiger partial charge in [0.05, 0.1) is 16.3 Å². The first-order valence-corrected chi connectivity index (χ1v) is 9.03. The molecule has 8 heteroatoms. The second-order valence-electron chi connectivity index (χ2n) is 5.20. The third-order valence-electron chi connectivity index (χ3n) is 3.20. The highest BCUT2D eigenvalue weighted by atomic mass is 35.5. The Labute approximate surface area is 158 Å². The highest BCUT2D eigenvalue weighted by Crippen LogP contribution is 2.31. The lowest BCUT2D eigenvalue weighted by Crippen LogP contribution is -2.13. The van der Waals surface area contributed by atoms with Gasteiger partial charge in [-0.2, -0.15) is 0 Å². The predicted molar refractivity (Wildman–Crippen MR) is 100 cm³/mol. The molecule has 1 N–H and O–H groups in total. The average molecular weight is 394 g/mol. The van der Waals surface area contributed by atoms with E-state index in [4.69, 9.17) is 27.6 Å². The van der Waals surface area contributed by atoms with Crippen molar-refractivity contribution in [2.45, 2.75) is 12.1 Å². The molecule has 0 fully saturated rings. The lowest BCUT2D eigenvalue weighted by Gasteiger charge is -2.04. The number of aromatic nitrogens is 2. The summed E-state index contributed by atoms with van der Waals surface area (Å²) in [5.41, 5.74) is 2.42. The summed E-state index contributed by atoms with van der Waals surface area (Å²) in [5, 5.41) is 11.9. The second-order valence-corrected chi connectivity index (χ2v) is 6.97. The molecule has 0 aliphatic rings. The highest BCUT2D eigenvalue weighted by molar-refractivity contribution is 7.99. The number of carbonyl (C=O) groups is 1. The molecular formula is C17H13Cl2N3O2S. The molecule has 0 bridgehead atoms. The molecule has 3 aromatic rings. The van der Waals surface area contributed by atoms with Crippen LogP contribution < -0.4 is 5.32 Å². The minimum absolute atomic E-state index is 0.153. The normalized spacial score (nSPS) is 10.7. The van der Waals surface area contributed by atoms with Crippen molar-refractivity contribution in [1.29, 1.82) is 0 Å². The van der Waals surface area contributed by atoms with Gasteiger partial charge >= 0.3 is 0 Å². The maximum atomic E-state index is 12.0. The van der Waals surface area contributed by atoms with Crippen LogP contribution in [0.4, 0.5) is 5.69 Å². The fraction of sp³-hybridized carbons (Fsp3) is 0.118. The maximum Gasteiger partial charge on any atom is 0.277 e. The first kappa shape index (κ1) is 17.8. The number of halogens is 2. The van der Waals surface area contributed by atoms with Crippen LogP contribution in [0.25, 0.3) is 11.5 Å². The summed E-state index contributed by atoms with van der Waals surface area (Å²) in [6.45, 7) is 1.96. The van der Waals surface area contributed by atoms with E-state index in [0.29, 0.717) is 20.8 Å². The molecule has 0 aliphatic carbocycles. The van der Waals surface area contributed by atoms with Crippen molar-refractivity contribution >= 4 is 46.6 Å². The van der Waals surface area contributed by atoms with Crippen LogP contribution in [0.15, 0.2) is 52.1 Å². The first-order valence-electron chi connectivity index (χ1n) is 7.29. The molecule has 0 saturated carbocycles. The number of amides is 1.